The van der Waals surface area contributed by atoms with Crippen molar-refractivity contribution < 1.29 is 23.0 Å². The Labute approximate surface area is 272 Å². The van der Waals surface area contributed by atoms with E-state index in [9.17, 15) is 13.5 Å². The highest BCUT2D eigenvalue weighted by Crippen LogP contribution is 2.36. The average molecular weight is 640 g/mol. The predicted molar refractivity (Wildman–Crippen MR) is 180 cm³/mol. The molecule has 4 aromatic rings. The Morgan fingerprint density at radius 1 is 0.891 bits per heavy atom. The van der Waals surface area contributed by atoms with Crippen LogP contribution in [0.5, 0.6) is 11.5 Å². The SMILES string of the molecule is CS(=O)(=O)Nc1cc(OC[C@@H](O)CN(Cc2ccccc2)[C@H]2CC[C@H](c3ccc(C#N)cc3)CC2)ccc1OCc1ccccc1. The van der Waals surface area contributed by atoms with Crippen molar-refractivity contribution in [1.29, 1.82) is 5.26 Å². The Bertz CT molecular complexity index is 1680. The highest BCUT2D eigenvalue weighted by molar-refractivity contribution is 7.92. The Morgan fingerprint density at radius 2 is 1.54 bits per heavy atom. The van der Waals surface area contributed by atoms with Gasteiger partial charge in [-0.1, -0.05) is 72.8 Å². The third-order valence-corrected chi connectivity index (χ3v) is 8.91. The van der Waals surface area contributed by atoms with E-state index in [0.717, 1.165) is 44.0 Å². The molecule has 0 aromatic heterocycles. The lowest BCUT2D eigenvalue weighted by Gasteiger charge is -2.38. The minimum Gasteiger partial charge on any atom is -0.491 e. The molecule has 0 heterocycles. The Balaban J connectivity index is 1.22. The fourth-order valence-corrected chi connectivity index (χ4v) is 6.58. The molecule has 0 saturated heterocycles. The van der Waals surface area contributed by atoms with Crippen LogP contribution in [0, 0.1) is 11.3 Å². The molecule has 9 heteroatoms. The summed E-state index contributed by atoms with van der Waals surface area (Å²) in [6.07, 6.45) is 4.43. The standard InChI is InChI=1S/C37H41N3O5S/c1-46(42,43)39-36-22-35(20-21-37(36)45-26-30-10-6-3-7-11-30)44-27-34(41)25-40(24-29-8-4-2-5-9-29)33-18-16-32(17-19-33)31-14-12-28(23-38)13-15-31/h2-15,20-22,32-34,39,41H,16-19,24-27H2,1H3/t32-,33-,34-/m0/s1. The molecule has 4 aromatic carbocycles. The molecular formula is C37H41N3O5S. The number of aliphatic hydroxyl groups excluding tert-OH is 1. The smallest absolute Gasteiger partial charge is 0.229 e. The van der Waals surface area contributed by atoms with Gasteiger partial charge in [-0.2, -0.15) is 5.26 Å². The number of hydrogen-bond acceptors (Lipinski definition) is 7. The first-order chi connectivity index (χ1) is 22.3. The normalized spacial score (nSPS) is 17.2. The molecule has 1 aliphatic rings. The van der Waals surface area contributed by atoms with Gasteiger partial charge in [-0.15, -0.1) is 0 Å². The van der Waals surface area contributed by atoms with E-state index in [4.69, 9.17) is 14.7 Å². The van der Waals surface area contributed by atoms with E-state index in [0.29, 0.717) is 35.6 Å². The van der Waals surface area contributed by atoms with Gasteiger partial charge in [-0.05, 0) is 72.6 Å². The zero-order valence-electron chi connectivity index (χ0n) is 26.1. The Morgan fingerprint density at radius 3 is 2.17 bits per heavy atom. The summed E-state index contributed by atoms with van der Waals surface area (Å²) in [7, 11) is -3.57. The van der Waals surface area contributed by atoms with E-state index >= 15 is 0 Å². The second kappa shape index (κ2) is 15.8. The van der Waals surface area contributed by atoms with Crippen LogP contribution in [0.3, 0.4) is 0 Å². The van der Waals surface area contributed by atoms with Gasteiger partial charge in [0, 0.05) is 25.2 Å². The predicted octanol–water partition coefficient (Wildman–Crippen LogP) is 6.48. The number of anilines is 1. The number of nitrogens with one attached hydrogen (secondary N) is 1. The molecule has 8 nitrogen and oxygen atoms in total. The first kappa shape index (κ1) is 33.0. The number of aliphatic hydroxyl groups is 1. The van der Waals surface area contributed by atoms with E-state index in [1.54, 1.807) is 18.2 Å². The first-order valence-corrected chi connectivity index (χ1v) is 17.5. The number of ether oxygens (including phenoxy) is 2. The molecule has 0 bridgehead atoms. The largest absolute Gasteiger partial charge is 0.491 e. The van der Waals surface area contributed by atoms with E-state index in [1.807, 2.05) is 60.7 Å². The van der Waals surface area contributed by atoms with Gasteiger partial charge in [0.15, 0.2) is 0 Å². The number of rotatable bonds is 14. The number of nitrogens with zero attached hydrogens (tertiary/aromatic N) is 2. The second-order valence-corrected chi connectivity index (χ2v) is 13.7. The van der Waals surface area contributed by atoms with Crippen LogP contribution in [-0.2, 0) is 23.2 Å². The van der Waals surface area contributed by atoms with Crippen LogP contribution in [0.25, 0.3) is 0 Å². The lowest BCUT2D eigenvalue weighted by Crippen LogP contribution is -2.43. The summed E-state index contributed by atoms with van der Waals surface area (Å²) in [4.78, 5) is 2.36. The lowest BCUT2D eigenvalue weighted by atomic mass is 9.81. The van der Waals surface area contributed by atoms with Crippen LogP contribution in [0.1, 0.15) is 53.9 Å². The quantitative estimate of drug-likeness (QED) is 0.163. The maximum absolute atomic E-state index is 12.1. The lowest BCUT2D eigenvalue weighted by molar-refractivity contribution is 0.0384. The molecule has 0 unspecified atom stereocenters. The summed E-state index contributed by atoms with van der Waals surface area (Å²) >= 11 is 0. The summed E-state index contributed by atoms with van der Waals surface area (Å²) < 4.78 is 38.6. The maximum atomic E-state index is 12.1. The fourth-order valence-electron chi connectivity index (χ4n) is 6.02. The van der Waals surface area contributed by atoms with Gasteiger partial charge in [0.2, 0.25) is 10.0 Å². The molecule has 1 fully saturated rings. The highest BCUT2D eigenvalue weighted by atomic mass is 32.2. The van der Waals surface area contributed by atoms with Crippen LogP contribution < -0.4 is 14.2 Å². The molecule has 0 amide bonds. The zero-order valence-corrected chi connectivity index (χ0v) is 26.9. The molecule has 0 spiro atoms. The fraction of sp³-hybridized carbons (Fsp3) is 0.324. The van der Waals surface area contributed by atoms with Crippen LogP contribution in [0.15, 0.2) is 103 Å². The van der Waals surface area contributed by atoms with Gasteiger partial charge >= 0.3 is 0 Å². The monoisotopic (exact) mass is 639 g/mol. The number of hydrogen-bond donors (Lipinski definition) is 2. The van der Waals surface area contributed by atoms with Crippen molar-refractivity contribution in [2.75, 3.05) is 24.1 Å². The van der Waals surface area contributed by atoms with Crippen molar-refractivity contribution in [3.8, 4) is 17.6 Å². The molecular weight excluding hydrogens is 598 g/mol. The van der Waals surface area contributed by atoms with Crippen molar-refractivity contribution in [3.05, 3.63) is 125 Å². The van der Waals surface area contributed by atoms with Crippen LogP contribution in [0.2, 0.25) is 0 Å². The van der Waals surface area contributed by atoms with Gasteiger partial charge < -0.3 is 14.6 Å². The van der Waals surface area contributed by atoms with Crippen molar-refractivity contribution in [2.45, 2.75) is 56.9 Å². The Kier molecular flexibility index (Phi) is 11.3. The number of sulfonamides is 1. The molecule has 5 rings (SSSR count). The summed E-state index contributed by atoms with van der Waals surface area (Å²) in [6, 6.07) is 35.3. The maximum Gasteiger partial charge on any atom is 0.229 e. The average Bonchev–Trinajstić information content (AvgIpc) is 3.07. The second-order valence-electron chi connectivity index (χ2n) is 11.9. The van der Waals surface area contributed by atoms with Crippen LogP contribution >= 0.6 is 0 Å². The van der Waals surface area contributed by atoms with Gasteiger partial charge in [0.05, 0.1) is 23.6 Å². The van der Waals surface area contributed by atoms with Gasteiger partial charge in [0.25, 0.3) is 0 Å². The van der Waals surface area contributed by atoms with Crippen LogP contribution in [-0.4, -0.2) is 50.0 Å². The van der Waals surface area contributed by atoms with Crippen molar-refractivity contribution >= 4 is 15.7 Å². The molecule has 0 aliphatic heterocycles. The van der Waals surface area contributed by atoms with Crippen LogP contribution in [0.4, 0.5) is 5.69 Å². The summed E-state index contributed by atoms with van der Waals surface area (Å²) in [5.41, 5.74) is 4.38. The summed E-state index contributed by atoms with van der Waals surface area (Å²) in [5.74, 6) is 1.27. The highest BCUT2D eigenvalue weighted by Gasteiger charge is 2.28. The molecule has 1 atom stereocenters. The molecule has 2 N–H and O–H groups in total. The number of nitriles is 1. The third-order valence-electron chi connectivity index (χ3n) is 8.32. The molecule has 0 radical (unpaired) electrons. The molecule has 1 saturated carbocycles. The first-order valence-electron chi connectivity index (χ1n) is 15.6. The topological polar surface area (TPSA) is 112 Å². The molecule has 240 valence electrons. The third kappa shape index (κ3) is 9.82. The van der Waals surface area contributed by atoms with E-state index in [2.05, 4.69) is 40.0 Å². The van der Waals surface area contributed by atoms with E-state index in [-0.39, 0.29) is 18.9 Å². The van der Waals surface area contributed by atoms with E-state index in [1.165, 1.54) is 11.1 Å². The van der Waals surface area contributed by atoms with Gasteiger partial charge in [0.1, 0.15) is 30.8 Å². The van der Waals surface area contributed by atoms with Gasteiger partial charge in [-0.25, -0.2) is 8.42 Å². The number of benzene rings is 4. The van der Waals surface area contributed by atoms with Crippen molar-refractivity contribution in [1.82, 2.24) is 4.90 Å². The van der Waals surface area contributed by atoms with E-state index < -0.39 is 16.1 Å². The summed E-state index contributed by atoms with van der Waals surface area (Å²) in [5, 5.41) is 20.3. The Hall–Kier alpha value is -4.36. The van der Waals surface area contributed by atoms with Crippen molar-refractivity contribution in [3.63, 3.8) is 0 Å². The van der Waals surface area contributed by atoms with Gasteiger partial charge in [-0.3, -0.25) is 9.62 Å². The minimum absolute atomic E-state index is 0.0500. The molecule has 1 aliphatic carbocycles. The summed E-state index contributed by atoms with van der Waals surface area (Å²) in [6.45, 7) is 1.49. The zero-order chi connectivity index (χ0) is 32.4. The minimum atomic E-state index is -3.57. The van der Waals surface area contributed by atoms with Crippen molar-refractivity contribution in [2.24, 2.45) is 0 Å². The molecule has 46 heavy (non-hydrogen) atoms.